The Labute approximate surface area is 201 Å². The van der Waals surface area contributed by atoms with Crippen LogP contribution in [-0.4, -0.2) is 34.0 Å². The lowest BCUT2D eigenvalue weighted by Crippen LogP contribution is -2.76. The fourth-order valence-corrected chi connectivity index (χ4v) is 7.72. The second-order valence-corrected chi connectivity index (χ2v) is 11.5. The van der Waals surface area contributed by atoms with E-state index in [1.807, 2.05) is 50.2 Å². The van der Waals surface area contributed by atoms with E-state index in [-0.39, 0.29) is 17.8 Å². The zero-order chi connectivity index (χ0) is 24.3. The number of hydrogen-bond donors (Lipinski definition) is 2. The minimum absolute atomic E-state index is 0.0236. The summed E-state index contributed by atoms with van der Waals surface area (Å²) < 4.78 is 11.8. The van der Waals surface area contributed by atoms with Crippen molar-refractivity contribution in [2.24, 2.45) is 22.7 Å². The summed E-state index contributed by atoms with van der Waals surface area (Å²) in [5, 5.41) is 24.4. The third-order valence-corrected chi connectivity index (χ3v) is 9.51. The van der Waals surface area contributed by atoms with Crippen molar-refractivity contribution in [2.75, 3.05) is 0 Å². The molecule has 2 aromatic rings. The van der Waals surface area contributed by atoms with E-state index < -0.39 is 34.6 Å². The molecule has 5 rings (SSSR count). The average Bonchev–Trinajstić information content (AvgIpc) is 3.28. The zero-order valence-corrected chi connectivity index (χ0v) is 20.5. The summed E-state index contributed by atoms with van der Waals surface area (Å²) in [6.07, 6.45) is 6.11. The van der Waals surface area contributed by atoms with Crippen LogP contribution < -0.4 is 0 Å². The number of benzene rings is 1. The maximum Gasteiger partial charge on any atom is 0.331 e. The van der Waals surface area contributed by atoms with Crippen molar-refractivity contribution in [1.29, 1.82) is 0 Å². The number of esters is 1. The van der Waals surface area contributed by atoms with E-state index in [0.29, 0.717) is 6.42 Å². The molecule has 2 saturated carbocycles. The molecule has 0 saturated heterocycles. The van der Waals surface area contributed by atoms with Crippen LogP contribution in [0, 0.1) is 22.7 Å². The van der Waals surface area contributed by atoms with E-state index in [1.165, 1.54) is 6.08 Å². The van der Waals surface area contributed by atoms with Gasteiger partial charge in [-0.15, -0.1) is 0 Å². The zero-order valence-electron chi connectivity index (χ0n) is 20.5. The lowest BCUT2D eigenvalue weighted by molar-refractivity contribution is -0.315. The summed E-state index contributed by atoms with van der Waals surface area (Å²) >= 11 is 0. The van der Waals surface area contributed by atoms with Gasteiger partial charge in [0.1, 0.15) is 11.4 Å². The van der Waals surface area contributed by atoms with Crippen molar-refractivity contribution in [3.8, 4) is 0 Å². The number of ether oxygens (including phenoxy) is 1. The predicted molar refractivity (Wildman–Crippen MR) is 130 cm³/mol. The summed E-state index contributed by atoms with van der Waals surface area (Å²) in [7, 11) is 0. The van der Waals surface area contributed by atoms with Crippen LogP contribution in [0.5, 0.6) is 0 Å². The fraction of sp³-hybridized carbons (Fsp3) is 0.552. The normalized spacial score (nSPS) is 38.6. The van der Waals surface area contributed by atoms with Gasteiger partial charge in [0, 0.05) is 17.9 Å². The molecule has 3 aliphatic rings. The highest BCUT2D eigenvalue weighted by Gasteiger charge is 2.73. The third kappa shape index (κ3) is 3.24. The third-order valence-electron chi connectivity index (χ3n) is 9.51. The fourth-order valence-electron chi connectivity index (χ4n) is 7.72. The monoisotopic (exact) mass is 464 g/mol. The molecule has 0 bridgehead atoms. The summed E-state index contributed by atoms with van der Waals surface area (Å²) in [5.74, 6) is 0.329. The number of fused-ring (bicyclic) bond motifs is 4. The molecule has 5 nitrogen and oxygen atoms in total. The molecule has 1 heterocycles. The Morgan fingerprint density at radius 1 is 1.15 bits per heavy atom. The number of hydrogen-bond acceptors (Lipinski definition) is 5. The van der Waals surface area contributed by atoms with Gasteiger partial charge in [-0.1, -0.05) is 64.4 Å². The molecular formula is C29H36O5. The van der Waals surface area contributed by atoms with Crippen LogP contribution in [0.2, 0.25) is 0 Å². The van der Waals surface area contributed by atoms with Crippen molar-refractivity contribution >= 4 is 12.0 Å². The highest BCUT2D eigenvalue weighted by atomic mass is 16.6. The van der Waals surface area contributed by atoms with Gasteiger partial charge in [-0.25, -0.2) is 4.79 Å². The minimum Gasteiger partial charge on any atom is -0.469 e. The van der Waals surface area contributed by atoms with Crippen LogP contribution in [0.1, 0.15) is 69.8 Å². The van der Waals surface area contributed by atoms with E-state index in [0.717, 1.165) is 36.1 Å². The first-order valence-corrected chi connectivity index (χ1v) is 12.5. The topological polar surface area (TPSA) is 79.9 Å². The Bertz CT molecular complexity index is 1080. The molecule has 2 N–H and O–H groups in total. The van der Waals surface area contributed by atoms with Gasteiger partial charge in [0.2, 0.25) is 0 Å². The smallest absolute Gasteiger partial charge is 0.331 e. The van der Waals surface area contributed by atoms with Crippen molar-refractivity contribution in [3.63, 3.8) is 0 Å². The molecular weight excluding hydrogens is 428 g/mol. The highest BCUT2D eigenvalue weighted by Crippen LogP contribution is 2.67. The molecule has 1 aromatic carbocycles. The van der Waals surface area contributed by atoms with Gasteiger partial charge >= 0.3 is 5.97 Å². The predicted octanol–water partition coefficient (Wildman–Crippen LogP) is 5.12. The SMILES string of the molecule is C[C@H]1c2ccoc2C[C@H]2[C@H]1[C@@H](O)[C@@H](OC(=O)/C=C\c1ccccc1)[C@@]1(O)C(C)(C)CCC[C@]21C. The molecule has 7 atom stereocenters. The van der Waals surface area contributed by atoms with Crippen molar-refractivity contribution < 1.29 is 24.2 Å². The maximum absolute atomic E-state index is 13.0. The molecule has 1 aromatic heterocycles. The van der Waals surface area contributed by atoms with Crippen LogP contribution in [0.15, 0.2) is 53.2 Å². The Morgan fingerprint density at radius 2 is 1.88 bits per heavy atom. The molecule has 0 spiro atoms. The lowest BCUT2D eigenvalue weighted by Gasteiger charge is -2.68. The van der Waals surface area contributed by atoms with Crippen molar-refractivity contribution in [1.82, 2.24) is 0 Å². The first-order chi connectivity index (χ1) is 16.1. The molecule has 34 heavy (non-hydrogen) atoms. The van der Waals surface area contributed by atoms with Gasteiger partial charge in [0.05, 0.1) is 12.4 Å². The standard InChI is InChI=1S/C29H36O5/c1-18-20-13-16-33-22(20)17-21-24(18)25(31)26(29(32)27(2,3)14-8-15-28(21,29)4)34-23(30)12-11-19-9-6-5-7-10-19/h5-7,9-13,16,18,21,24-26,31-32H,8,14-15,17H2,1-4H3/b12-11-/t18-,21-,24-,25+,26+,28+,29+/m0/s1. The summed E-state index contributed by atoms with van der Waals surface area (Å²) in [4.78, 5) is 13.0. The first kappa shape index (κ1) is 23.4. The largest absolute Gasteiger partial charge is 0.469 e. The molecule has 0 unspecified atom stereocenters. The van der Waals surface area contributed by atoms with Gasteiger partial charge in [0.15, 0.2) is 6.10 Å². The van der Waals surface area contributed by atoms with Crippen molar-refractivity contribution in [3.05, 3.63) is 65.6 Å². The van der Waals surface area contributed by atoms with Gasteiger partial charge in [0.25, 0.3) is 0 Å². The van der Waals surface area contributed by atoms with E-state index >= 15 is 0 Å². The summed E-state index contributed by atoms with van der Waals surface area (Å²) in [6.45, 7) is 8.34. The maximum atomic E-state index is 13.0. The van der Waals surface area contributed by atoms with Crippen LogP contribution in [-0.2, 0) is 16.0 Å². The Kier molecular flexibility index (Phi) is 5.57. The van der Waals surface area contributed by atoms with Crippen molar-refractivity contribution in [2.45, 2.75) is 77.1 Å². The van der Waals surface area contributed by atoms with Gasteiger partial charge in [-0.2, -0.15) is 0 Å². The van der Waals surface area contributed by atoms with E-state index in [9.17, 15) is 15.0 Å². The minimum atomic E-state index is -1.38. The number of aliphatic hydroxyl groups is 2. The van der Waals surface area contributed by atoms with Gasteiger partial charge < -0.3 is 19.4 Å². The van der Waals surface area contributed by atoms with E-state index in [4.69, 9.17) is 9.15 Å². The van der Waals surface area contributed by atoms with Gasteiger partial charge in [-0.3, -0.25) is 0 Å². The summed E-state index contributed by atoms with van der Waals surface area (Å²) in [5.41, 5.74) is -0.450. The second kappa shape index (κ2) is 8.10. The molecule has 5 heteroatoms. The van der Waals surface area contributed by atoms with Gasteiger partial charge in [-0.05, 0) is 59.3 Å². The molecule has 182 valence electrons. The van der Waals surface area contributed by atoms with E-state index in [1.54, 1.807) is 12.3 Å². The lowest BCUT2D eigenvalue weighted by atomic mass is 9.40. The second-order valence-electron chi connectivity index (χ2n) is 11.5. The number of carbonyl (C=O) groups excluding carboxylic acids is 1. The summed E-state index contributed by atoms with van der Waals surface area (Å²) in [6, 6.07) is 11.5. The molecule has 3 aliphatic carbocycles. The molecule has 2 fully saturated rings. The Hall–Kier alpha value is -2.37. The van der Waals surface area contributed by atoms with Crippen LogP contribution in [0.4, 0.5) is 0 Å². The molecule has 0 radical (unpaired) electrons. The Morgan fingerprint density at radius 3 is 2.62 bits per heavy atom. The van der Waals surface area contributed by atoms with Crippen LogP contribution in [0.25, 0.3) is 6.08 Å². The van der Waals surface area contributed by atoms with E-state index in [2.05, 4.69) is 13.8 Å². The number of aliphatic hydroxyl groups excluding tert-OH is 1. The molecule has 0 amide bonds. The molecule has 0 aliphatic heterocycles. The first-order valence-electron chi connectivity index (χ1n) is 12.5. The Balaban J connectivity index is 1.55. The van der Waals surface area contributed by atoms with Crippen LogP contribution >= 0.6 is 0 Å². The highest BCUT2D eigenvalue weighted by molar-refractivity contribution is 5.87. The number of furan rings is 1. The average molecular weight is 465 g/mol. The number of carbonyl (C=O) groups is 1. The number of rotatable bonds is 3. The quantitative estimate of drug-likeness (QED) is 0.487. The van der Waals surface area contributed by atoms with Crippen LogP contribution in [0.3, 0.4) is 0 Å².